The molecule has 1 N–H and O–H groups in total. The van der Waals surface area contributed by atoms with E-state index < -0.39 is 5.82 Å². The van der Waals surface area contributed by atoms with Crippen molar-refractivity contribution in [1.82, 2.24) is 10.2 Å². The lowest BCUT2D eigenvalue weighted by atomic mass is 9.71. The number of likely N-dealkylation sites (tertiary alicyclic amines) is 1. The van der Waals surface area contributed by atoms with Crippen molar-refractivity contribution in [3.63, 3.8) is 0 Å². The number of ether oxygens (including phenoxy) is 1. The molecular weight excluding hydrogens is 283 g/mol. The molecule has 1 amide bonds. The fraction of sp³-hybridized carbons (Fsp3) is 0.588. The molecule has 0 aliphatic carbocycles. The number of piperidine rings is 2. The second-order valence-electron chi connectivity index (χ2n) is 6.39. The average molecular weight is 306 g/mol. The van der Waals surface area contributed by atoms with Crippen LogP contribution in [0.2, 0.25) is 0 Å². The van der Waals surface area contributed by atoms with Crippen LogP contribution in [0.15, 0.2) is 18.2 Å². The van der Waals surface area contributed by atoms with Gasteiger partial charge in [-0.05, 0) is 62.4 Å². The van der Waals surface area contributed by atoms with Crippen LogP contribution in [0.3, 0.4) is 0 Å². The molecule has 0 radical (unpaired) electrons. The van der Waals surface area contributed by atoms with Gasteiger partial charge in [-0.15, -0.1) is 0 Å². The van der Waals surface area contributed by atoms with Gasteiger partial charge in [0, 0.05) is 18.7 Å². The molecule has 1 spiro atoms. The zero-order valence-corrected chi connectivity index (χ0v) is 13.0. The monoisotopic (exact) mass is 306 g/mol. The first-order valence-electron chi connectivity index (χ1n) is 7.97. The number of hydrogen-bond acceptors (Lipinski definition) is 3. The molecule has 120 valence electrons. The number of rotatable bonds is 2. The van der Waals surface area contributed by atoms with E-state index in [1.807, 2.05) is 4.90 Å². The number of methoxy groups -OCH3 is 1. The van der Waals surface area contributed by atoms with Gasteiger partial charge >= 0.3 is 0 Å². The Morgan fingerprint density at radius 1 is 1.23 bits per heavy atom. The highest BCUT2D eigenvalue weighted by Gasteiger charge is 2.36. The van der Waals surface area contributed by atoms with Crippen LogP contribution in [0.25, 0.3) is 0 Å². The maximum absolute atomic E-state index is 13.8. The summed E-state index contributed by atoms with van der Waals surface area (Å²) in [5.74, 6) is -0.394. The molecule has 2 heterocycles. The molecule has 2 aliphatic rings. The third-order valence-corrected chi connectivity index (χ3v) is 5.17. The van der Waals surface area contributed by atoms with Gasteiger partial charge < -0.3 is 15.0 Å². The molecule has 0 unspecified atom stereocenters. The minimum Gasteiger partial charge on any atom is -0.494 e. The van der Waals surface area contributed by atoms with Gasteiger partial charge in [0.05, 0.1) is 7.11 Å². The number of hydrogen-bond donors (Lipinski definition) is 1. The number of nitrogens with one attached hydrogen (secondary N) is 1. The van der Waals surface area contributed by atoms with Gasteiger partial charge in [-0.25, -0.2) is 4.39 Å². The Balaban J connectivity index is 1.65. The van der Waals surface area contributed by atoms with Gasteiger partial charge in [-0.3, -0.25) is 4.79 Å². The highest BCUT2D eigenvalue weighted by atomic mass is 19.1. The molecule has 0 saturated carbocycles. The largest absolute Gasteiger partial charge is 0.494 e. The molecule has 1 aromatic rings. The van der Waals surface area contributed by atoms with E-state index in [0.29, 0.717) is 11.0 Å². The van der Waals surface area contributed by atoms with E-state index in [0.717, 1.165) is 39.0 Å². The quantitative estimate of drug-likeness (QED) is 0.912. The normalized spacial score (nSPS) is 20.9. The number of benzene rings is 1. The van der Waals surface area contributed by atoms with Gasteiger partial charge in [0.2, 0.25) is 0 Å². The lowest BCUT2D eigenvalue weighted by Gasteiger charge is -2.44. The topological polar surface area (TPSA) is 41.6 Å². The second-order valence-corrected chi connectivity index (χ2v) is 6.39. The Bertz CT molecular complexity index is 546. The van der Waals surface area contributed by atoms with Crippen molar-refractivity contribution in [2.24, 2.45) is 5.41 Å². The maximum atomic E-state index is 13.8. The van der Waals surface area contributed by atoms with Gasteiger partial charge in [0.1, 0.15) is 0 Å². The van der Waals surface area contributed by atoms with E-state index in [1.165, 1.54) is 32.1 Å². The summed E-state index contributed by atoms with van der Waals surface area (Å²) in [5.41, 5.74) is 0.812. The summed E-state index contributed by atoms with van der Waals surface area (Å²) in [5, 5.41) is 3.40. The Hall–Kier alpha value is -1.62. The van der Waals surface area contributed by atoms with E-state index >= 15 is 0 Å². The van der Waals surface area contributed by atoms with Crippen LogP contribution in [-0.4, -0.2) is 44.1 Å². The molecule has 4 nitrogen and oxygen atoms in total. The smallest absolute Gasteiger partial charge is 0.253 e. The predicted molar refractivity (Wildman–Crippen MR) is 82.6 cm³/mol. The summed E-state index contributed by atoms with van der Waals surface area (Å²) in [6.45, 7) is 3.70. The van der Waals surface area contributed by atoms with Crippen LogP contribution >= 0.6 is 0 Å². The van der Waals surface area contributed by atoms with E-state index in [1.54, 1.807) is 6.07 Å². The summed E-state index contributed by atoms with van der Waals surface area (Å²) in [7, 11) is 1.42. The van der Waals surface area contributed by atoms with Crippen molar-refractivity contribution in [2.45, 2.75) is 25.7 Å². The van der Waals surface area contributed by atoms with E-state index in [-0.39, 0.29) is 11.7 Å². The summed E-state index contributed by atoms with van der Waals surface area (Å²) in [4.78, 5) is 14.4. The Kier molecular flexibility index (Phi) is 4.34. The molecule has 5 heteroatoms. The predicted octanol–water partition coefficient (Wildman–Crippen LogP) is 2.44. The minimum atomic E-state index is -0.486. The Morgan fingerprint density at radius 3 is 2.50 bits per heavy atom. The van der Waals surface area contributed by atoms with Crippen LogP contribution in [0.1, 0.15) is 36.0 Å². The van der Waals surface area contributed by atoms with Crippen LogP contribution in [-0.2, 0) is 0 Å². The van der Waals surface area contributed by atoms with Crippen molar-refractivity contribution in [3.05, 3.63) is 29.6 Å². The summed E-state index contributed by atoms with van der Waals surface area (Å²) in [6, 6.07) is 4.43. The van der Waals surface area contributed by atoms with Crippen molar-refractivity contribution < 1.29 is 13.9 Å². The molecule has 2 aliphatic heterocycles. The average Bonchev–Trinajstić information content (AvgIpc) is 2.55. The standard InChI is InChI=1S/C17H23FN2O2/c1-22-15-3-2-13(12-14(15)18)16(21)20-10-6-17(7-11-20)4-8-19-9-5-17/h2-3,12,19H,4-11H2,1H3. The van der Waals surface area contributed by atoms with Gasteiger partial charge in [0.25, 0.3) is 5.91 Å². The molecular formula is C17H23FN2O2. The lowest BCUT2D eigenvalue weighted by Crippen LogP contribution is -2.47. The number of halogens is 1. The molecule has 22 heavy (non-hydrogen) atoms. The number of amides is 1. The number of carbonyl (C=O) groups excluding carboxylic acids is 1. The fourth-order valence-electron chi connectivity index (χ4n) is 3.62. The molecule has 1 aromatic carbocycles. The van der Waals surface area contributed by atoms with Crippen LogP contribution in [0.5, 0.6) is 5.75 Å². The van der Waals surface area contributed by atoms with Gasteiger partial charge in [-0.2, -0.15) is 0 Å². The second kappa shape index (κ2) is 6.24. The van der Waals surface area contributed by atoms with Gasteiger partial charge in [-0.1, -0.05) is 0 Å². The molecule has 0 atom stereocenters. The summed E-state index contributed by atoms with van der Waals surface area (Å²) >= 11 is 0. The minimum absolute atomic E-state index is 0.0784. The molecule has 2 fully saturated rings. The first-order valence-corrected chi connectivity index (χ1v) is 7.97. The summed E-state index contributed by atoms with van der Waals surface area (Å²) < 4.78 is 18.7. The van der Waals surface area contributed by atoms with Crippen molar-refractivity contribution in [1.29, 1.82) is 0 Å². The fourth-order valence-corrected chi connectivity index (χ4v) is 3.62. The first kappa shape index (κ1) is 15.3. The molecule has 2 saturated heterocycles. The van der Waals surface area contributed by atoms with E-state index in [4.69, 9.17) is 4.74 Å². The third-order valence-electron chi connectivity index (χ3n) is 5.17. The maximum Gasteiger partial charge on any atom is 0.253 e. The highest BCUT2D eigenvalue weighted by Crippen LogP contribution is 2.39. The lowest BCUT2D eigenvalue weighted by molar-refractivity contribution is 0.0495. The Labute approximate surface area is 130 Å². The first-order chi connectivity index (χ1) is 10.6. The van der Waals surface area contributed by atoms with Crippen LogP contribution in [0.4, 0.5) is 4.39 Å². The van der Waals surface area contributed by atoms with Gasteiger partial charge in [0.15, 0.2) is 11.6 Å². The van der Waals surface area contributed by atoms with Crippen LogP contribution < -0.4 is 10.1 Å². The Morgan fingerprint density at radius 2 is 1.91 bits per heavy atom. The van der Waals surface area contributed by atoms with Crippen LogP contribution in [0, 0.1) is 11.2 Å². The highest BCUT2D eigenvalue weighted by molar-refractivity contribution is 5.94. The number of carbonyl (C=O) groups is 1. The van der Waals surface area contributed by atoms with Crippen molar-refractivity contribution in [3.8, 4) is 5.75 Å². The van der Waals surface area contributed by atoms with E-state index in [9.17, 15) is 9.18 Å². The number of nitrogens with zero attached hydrogens (tertiary/aromatic N) is 1. The molecule has 0 bridgehead atoms. The third kappa shape index (κ3) is 2.95. The van der Waals surface area contributed by atoms with E-state index in [2.05, 4.69) is 5.32 Å². The zero-order chi connectivity index (χ0) is 15.6. The molecule has 0 aromatic heterocycles. The zero-order valence-electron chi connectivity index (χ0n) is 13.0. The summed E-state index contributed by atoms with van der Waals surface area (Å²) in [6.07, 6.45) is 4.51. The molecule has 3 rings (SSSR count). The van der Waals surface area contributed by atoms with Crippen molar-refractivity contribution >= 4 is 5.91 Å². The van der Waals surface area contributed by atoms with Crippen molar-refractivity contribution in [2.75, 3.05) is 33.3 Å². The SMILES string of the molecule is COc1ccc(C(=O)N2CCC3(CCNCC3)CC2)cc1F.